The largest absolute Gasteiger partial charge is 0.476 e. The Morgan fingerprint density at radius 2 is 2.58 bits per heavy atom. The Labute approximate surface area is 74.0 Å². The van der Waals surface area contributed by atoms with Gasteiger partial charge in [0.05, 0.1) is 6.04 Å². The van der Waals surface area contributed by atoms with Crippen molar-refractivity contribution in [3.63, 3.8) is 0 Å². The van der Waals surface area contributed by atoms with Gasteiger partial charge in [-0.3, -0.25) is 0 Å². The predicted molar refractivity (Wildman–Crippen MR) is 46.3 cm³/mol. The Morgan fingerprint density at radius 3 is 3.00 bits per heavy atom. The number of aromatic carboxylic acids is 1. The van der Waals surface area contributed by atoms with Crippen molar-refractivity contribution >= 4 is 17.3 Å². The first-order valence-electron chi connectivity index (χ1n) is 3.59. The molecule has 1 atom stereocenters. The second-order valence-corrected chi connectivity index (χ2v) is 3.28. The van der Waals surface area contributed by atoms with Crippen LogP contribution in [0.2, 0.25) is 0 Å². The van der Waals surface area contributed by atoms with Crippen LogP contribution in [0.4, 0.5) is 0 Å². The van der Waals surface area contributed by atoms with Crippen molar-refractivity contribution in [2.75, 3.05) is 0 Å². The van der Waals surface area contributed by atoms with E-state index >= 15 is 0 Å². The maximum atomic E-state index is 10.4. The van der Waals surface area contributed by atoms with Gasteiger partial charge < -0.3 is 10.8 Å². The van der Waals surface area contributed by atoms with Crippen LogP contribution in [-0.2, 0) is 0 Å². The number of hydrogen-bond donors (Lipinski definition) is 2. The molecular formula is C7H10N2O2S. The highest BCUT2D eigenvalue weighted by Gasteiger charge is 2.12. The number of hydrogen-bond acceptors (Lipinski definition) is 4. The summed E-state index contributed by atoms with van der Waals surface area (Å²) in [5.74, 6) is -0.999. The molecule has 1 heterocycles. The fraction of sp³-hybridized carbons (Fsp3) is 0.429. The van der Waals surface area contributed by atoms with Crippen LogP contribution in [0.5, 0.6) is 0 Å². The summed E-state index contributed by atoms with van der Waals surface area (Å²) in [6.45, 7) is 1.94. The van der Waals surface area contributed by atoms with Crippen molar-refractivity contribution in [3.8, 4) is 0 Å². The molecule has 0 saturated heterocycles. The summed E-state index contributed by atoms with van der Waals surface area (Å²) in [4.78, 5) is 14.3. The first-order valence-corrected chi connectivity index (χ1v) is 4.47. The number of rotatable bonds is 3. The molecule has 0 bridgehead atoms. The Kier molecular flexibility index (Phi) is 2.78. The van der Waals surface area contributed by atoms with Crippen LogP contribution < -0.4 is 5.73 Å². The van der Waals surface area contributed by atoms with E-state index in [9.17, 15) is 4.79 Å². The SMILES string of the molecule is CC[C@@H](N)c1nc(C(=O)O)cs1. The molecular weight excluding hydrogens is 176 g/mol. The molecule has 0 aliphatic rings. The normalized spacial score (nSPS) is 12.8. The summed E-state index contributed by atoms with van der Waals surface area (Å²) in [5, 5.41) is 10.8. The van der Waals surface area contributed by atoms with Gasteiger partial charge in [-0.2, -0.15) is 0 Å². The molecule has 66 valence electrons. The summed E-state index contributed by atoms with van der Waals surface area (Å²) >= 11 is 1.29. The van der Waals surface area contributed by atoms with Crippen molar-refractivity contribution in [3.05, 3.63) is 16.1 Å². The molecule has 0 aliphatic heterocycles. The van der Waals surface area contributed by atoms with E-state index in [1.54, 1.807) is 0 Å². The molecule has 12 heavy (non-hydrogen) atoms. The van der Waals surface area contributed by atoms with Crippen molar-refractivity contribution in [1.29, 1.82) is 0 Å². The van der Waals surface area contributed by atoms with Gasteiger partial charge in [-0.05, 0) is 6.42 Å². The molecule has 0 unspecified atom stereocenters. The van der Waals surface area contributed by atoms with Gasteiger partial charge in [-0.1, -0.05) is 6.92 Å². The quantitative estimate of drug-likeness (QED) is 0.744. The average molecular weight is 186 g/mol. The zero-order chi connectivity index (χ0) is 9.14. The highest BCUT2D eigenvalue weighted by atomic mass is 32.1. The molecule has 1 aromatic heterocycles. The molecule has 0 aromatic carbocycles. The standard InChI is InChI=1S/C7H10N2O2S/c1-2-4(8)6-9-5(3-12-6)7(10)11/h3-4H,2,8H2,1H3,(H,10,11)/t4-/m1/s1. The van der Waals surface area contributed by atoms with E-state index < -0.39 is 5.97 Å². The van der Waals surface area contributed by atoms with E-state index in [0.29, 0.717) is 5.01 Å². The topological polar surface area (TPSA) is 76.2 Å². The van der Waals surface area contributed by atoms with Crippen LogP contribution in [0.15, 0.2) is 5.38 Å². The van der Waals surface area contributed by atoms with Crippen LogP contribution in [0, 0.1) is 0 Å². The highest BCUT2D eigenvalue weighted by Crippen LogP contribution is 2.18. The maximum Gasteiger partial charge on any atom is 0.355 e. The lowest BCUT2D eigenvalue weighted by Gasteiger charge is -2.01. The molecule has 1 aromatic rings. The Balaban J connectivity index is 2.84. The van der Waals surface area contributed by atoms with Gasteiger partial charge in [0.1, 0.15) is 5.01 Å². The zero-order valence-electron chi connectivity index (χ0n) is 6.65. The Morgan fingerprint density at radius 1 is 1.92 bits per heavy atom. The van der Waals surface area contributed by atoms with Crippen molar-refractivity contribution in [1.82, 2.24) is 4.98 Å². The number of nitrogens with zero attached hydrogens (tertiary/aromatic N) is 1. The smallest absolute Gasteiger partial charge is 0.355 e. The summed E-state index contributed by atoms with van der Waals surface area (Å²) in [5.41, 5.74) is 5.75. The minimum Gasteiger partial charge on any atom is -0.476 e. The van der Waals surface area contributed by atoms with Gasteiger partial charge in [0.2, 0.25) is 0 Å². The van der Waals surface area contributed by atoms with Crippen LogP contribution in [-0.4, -0.2) is 16.1 Å². The maximum absolute atomic E-state index is 10.4. The van der Waals surface area contributed by atoms with E-state index in [1.807, 2.05) is 6.92 Å². The number of aromatic nitrogens is 1. The zero-order valence-corrected chi connectivity index (χ0v) is 7.47. The van der Waals surface area contributed by atoms with E-state index in [1.165, 1.54) is 16.7 Å². The minimum atomic E-state index is -0.999. The van der Waals surface area contributed by atoms with E-state index in [4.69, 9.17) is 10.8 Å². The predicted octanol–water partition coefficient (Wildman–Crippen LogP) is 1.25. The van der Waals surface area contributed by atoms with Crippen LogP contribution in [0.1, 0.15) is 34.9 Å². The van der Waals surface area contributed by atoms with E-state index in [2.05, 4.69) is 4.98 Å². The molecule has 3 N–H and O–H groups in total. The number of thiazole rings is 1. The van der Waals surface area contributed by atoms with Crippen molar-refractivity contribution in [2.45, 2.75) is 19.4 Å². The van der Waals surface area contributed by atoms with Gasteiger partial charge >= 0.3 is 5.97 Å². The Bertz CT molecular complexity index is 285. The fourth-order valence-electron chi connectivity index (χ4n) is 0.731. The molecule has 4 nitrogen and oxygen atoms in total. The minimum absolute atomic E-state index is 0.0823. The number of carbonyl (C=O) groups is 1. The third-order valence-corrected chi connectivity index (χ3v) is 2.47. The van der Waals surface area contributed by atoms with Gasteiger partial charge in [-0.15, -0.1) is 11.3 Å². The first-order chi connectivity index (χ1) is 5.65. The van der Waals surface area contributed by atoms with Crippen molar-refractivity contribution in [2.24, 2.45) is 5.73 Å². The molecule has 0 aliphatic carbocycles. The summed E-state index contributed by atoms with van der Waals surface area (Å²) in [6, 6.07) is -0.136. The summed E-state index contributed by atoms with van der Waals surface area (Å²) in [6.07, 6.45) is 0.770. The van der Waals surface area contributed by atoms with Crippen LogP contribution in [0.3, 0.4) is 0 Å². The number of nitrogens with two attached hydrogens (primary N) is 1. The monoisotopic (exact) mass is 186 g/mol. The molecule has 0 fully saturated rings. The molecule has 5 heteroatoms. The average Bonchev–Trinajstić information content (AvgIpc) is 2.51. The highest BCUT2D eigenvalue weighted by molar-refractivity contribution is 7.09. The molecule has 0 amide bonds. The second-order valence-electron chi connectivity index (χ2n) is 2.39. The van der Waals surface area contributed by atoms with Gasteiger partial charge in [0.15, 0.2) is 5.69 Å². The fourth-order valence-corrected chi connectivity index (χ4v) is 1.61. The number of carboxylic acid groups (broad SMARTS) is 1. The molecule has 0 saturated carbocycles. The third kappa shape index (κ3) is 1.80. The van der Waals surface area contributed by atoms with Gasteiger partial charge in [0.25, 0.3) is 0 Å². The second kappa shape index (κ2) is 3.64. The van der Waals surface area contributed by atoms with Gasteiger partial charge in [-0.25, -0.2) is 9.78 Å². The Hall–Kier alpha value is -0.940. The lowest BCUT2D eigenvalue weighted by atomic mass is 10.2. The first kappa shape index (κ1) is 9.15. The van der Waals surface area contributed by atoms with E-state index in [-0.39, 0.29) is 11.7 Å². The summed E-state index contributed by atoms with van der Waals surface area (Å²) < 4.78 is 0. The lowest BCUT2D eigenvalue weighted by molar-refractivity contribution is 0.0691. The molecule has 0 spiro atoms. The van der Waals surface area contributed by atoms with Crippen LogP contribution >= 0.6 is 11.3 Å². The third-order valence-electron chi connectivity index (χ3n) is 1.50. The molecule has 1 rings (SSSR count). The summed E-state index contributed by atoms with van der Waals surface area (Å²) in [7, 11) is 0. The van der Waals surface area contributed by atoms with Gasteiger partial charge in [0, 0.05) is 5.38 Å². The molecule has 0 radical (unpaired) electrons. The lowest BCUT2D eigenvalue weighted by Crippen LogP contribution is -2.08. The number of carboxylic acids is 1. The van der Waals surface area contributed by atoms with Crippen LogP contribution in [0.25, 0.3) is 0 Å². The van der Waals surface area contributed by atoms with E-state index in [0.717, 1.165) is 6.42 Å². The van der Waals surface area contributed by atoms with Crippen molar-refractivity contribution < 1.29 is 9.90 Å².